The van der Waals surface area contributed by atoms with Crippen molar-refractivity contribution >= 4 is 11.7 Å². The SMILES string of the molecule is COc1ccc(OC)c(CNC(=O)c2cccc(-c3ccc(N4CCOCC4)nn3)c2)c1. The van der Waals surface area contributed by atoms with Crippen LogP contribution in [0.1, 0.15) is 15.9 Å². The predicted molar refractivity (Wildman–Crippen MR) is 121 cm³/mol. The molecule has 4 rings (SSSR count). The van der Waals surface area contributed by atoms with Crippen molar-refractivity contribution in [2.24, 2.45) is 0 Å². The number of morpholine rings is 1. The molecule has 0 atom stereocenters. The number of amides is 1. The van der Waals surface area contributed by atoms with Gasteiger partial charge < -0.3 is 24.4 Å². The van der Waals surface area contributed by atoms with E-state index in [2.05, 4.69) is 20.4 Å². The third-order valence-electron chi connectivity index (χ3n) is 5.33. The van der Waals surface area contributed by atoms with E-state index in [1.54, 1.807) is 20.3 Å². The van der Waals surface area contributed by atoms with E-state index in [9.17, 15) is 4.79 Å². The second-order valence-corrected chi connectivity index (χ2v) is 7.32. The second-order valence-electron chi connectivity index (χ2n) is 7.32. The van der Waals surface area contributed by atoms with Crippen LogP contribution in [0, 0.1) is 0 Å². The molecule has 2 heterocycles. The zero-order valence-corrected chi connectivity index (χ0v) is 18.2. The topological polar surface area (TPSA) is 85.8 Å². The molecule has 0 spiro atoms. The van der Waals surface area contributed by atoms with Gasteiger partial charge in [-0.2, -0.15) is 0 Å². The van der Waals surface area contributed by atoms with Crippen LogP contribution in [0.15, 0.2) is 54.6 Å². The molecule has 2 aromatic carbocycles. The van der Waals surface area contributed by atoms with Crippen LogP contribution in [-0.2, 0) is 11.3 Å². The summed E-state index contributed by atoms with van der Waals surface area (Å²) in [4.78, 5) is 14.9. The van der Waals surface area contributed by atoms with Gasteiger partial charge in [-0.25, -0.2) is 0 Å². The molecule has 3 aromatic rings. The molecule has 1 N–H and O–H groups in total. The zero-order chi connectivity index (χ0) is 22.3. The quantitative estimate of drug-likeness (QED) is 0.612. The van der Waals surface area contributed by atoms with Crippen molar-refractivity contribution in [2.75, 3.05) is 45.4 Å². The molecule has 1 aliphatic heterocycles. The number of nitrogens with one attached hydrogen (secondary N) is 1. The second kappa shape index (κ2) is 10.1. The molecule has 0 radical (unpaired) electrons. The summed E-state index contributed by atoms with van der Waals surface area (Å²) in [6.07, 6.45) is 0. The monoisotopic (exact) mass is 434 g/mol. The Morgan fingerprint density at radius 3 is 2.59 bits per heavy atom. The summed E-state index contributed by atoms with van der Waals surface area (Å²) in [6.45, 7) is 3.32. The van der Waals surface area contributed by atoms with Crippen LogP contribution in [0.4, 0.5) is 5.82 Å². The van der Waals surface area contributed by atoms with Gasteiger partial charge in [0.1, 0.15) is 11.5 Å². The fourth-order valence-electron chi connectivity index (χ4n) is 3.56. The standard InChI is InChI=1S/C24H26N4O4/c1-30-20-6-8-22(31-2)19(15-20)16-25-24(29)18-5-3-4-17(14-18)21-7-9-23(27-26-21)28-10-12-32-13-11-28/h3-9,14-15H,10-13,16H2,1-2H3,(H,25,29). The Labute approximate surface area is 187 Å². The lowest BCUT2D eigenvalue weighted by Gasteiger charge is -2.27. The number of ether oxygens (including phenoxy) is 3. The third-order valence-corrected chi connectivity index (χ3v) is 5.33. The largest absolute Gasteiger partial charge is 0.497 e. The fourth-order valence-corrected chi connectivity index (χ4v) is 3.56. The molecule has 1 aliphatic rings. The highest BCUT2D eigenvalue weighted by Gasteiger charge is 2.14. The predicted octanol–water partition coefficient (Wildman–Crippen LogP) is 2.93. The summed E-state index contributed by atoms with van der Waals surface area (Å²) in [5.41, 5.74) is 2.92. The Balaban J connectivity index is 1.45. The molecular formula is C24H26N4O4. The van der Waals surface area contributed by atoms with Gasteiger partial charge in [-0.05, 0) is 42.5 Å². The van der Waals surface area contributed by atoms with Gasteiger partial charge in [0.25, 0.3) is 5.91 Å². The van der Waals surface area contributed by atoms with Crippen LogP contribution >= 0.6 is 0 Å². The summed E-state index contributed by atoms with van der Waals surface area (Å²) in [7, 11) is 3.20. The Bertz CT molecular complexity index is 1070. The van der Waals surface area contributed by atoms with E-state index in [4.69, 9.17) is 14.2 Å². The van der Waals surface area contributed by atoms with E-state index in [1.165, 1.54) is 0 Å². The number of hydrogen-bond donors (Lipinski definition) is 1. The molecule has 8 heteroatoms. The number of methoxy groups -OCH3 is 2. The summed E-state index contributed by atoms with van der Waals surface area (Å²) >= 11 is 0. The smallest absolute Gasteiger partial charge is 0.251 e. The molecule has 0 saturated carbocycles. The van der Waals surface area contributed by atoms with Gasteiger partial charge in [0.05, 0.1) is 33.1 Å². The van der Waals surface area contributed by atoms with Crippen LogP contribution < -0.4 is 19.7 Å². The molecule has 1 saturated heterocycles. The van der Waals surface area contributed by atoms with E-state index in [1.807, 2.05) is 48.5 Å². The summed E-state index contributed by atoms with van der Waals surface area (Å²) in [5.74, 6) is 2.04. The molecule has 0 bridgehead atoms. The average Bonchev–Trinajstić information content (AvgIpc) is 2.87. The highest BCUT2D eigenvalue weighted by Crippen LogP contribution is 2.24. The first-order valence-electron chi connectivity index (χ1n) is 10.4. The van der Waals surface area contributed by atoms with E-state index in [0.29, 0.717) is 42.5 Å². The number of rotatable bonds is 7. The first-order valence-corrected chi connectivity index (χ1v) is 10.4. The highest BCUT2D eigenvalue weighted by atomic mass is 16.5. The number of benzene rings is 2. The minimum Gasteiger partial charge on any atom is -0.497 e. The number of aromatic nitrogens is 2. The van der Waals surface area contributed by atoms with Gasteiger partial charge in [-0.1, -0.05) is 12.1 Å². The normalized spacial score (nSPS) is 13.5. The van der Waals surface area contributed by atoms with Crippen LogP contribution in [0.25, 0.3) is 11.3 Å². The molecule has 0 aliphatic carbocycles. The Kier molecular flexibility index (Phi) is 6.81. The number of carbonyl (C=O) groups excluding carboxylic acids is 1. The Hall–Kier alpha value is -3.65. The maximum atomic E-state index is 12.8. The van der Waals surface area contributed by atoms with Crippen LogP contribution in [-0.4, -0.2) is 56.6 Å². The Morgan fingerprint density at radius 1 is 1.03 bits per heavy atom. The van der Waals surface area contributed by atoms with Crippen molar-refractivity contribution in [1.82, 2.24) is 15.5 Å². The van der Waals surface area contributed by atoms with Crippen molar-refractivity contribution in [3.05, 3.63) is 65.7 Å². The van der Waals surface area contributed by atoms with Crippen LogP contribution in [0.2, 0.25) is 0 Å². The summed E-state index contributed by atoms with van der Waals surface area (Å²) < 4.78 is 16.0. The van der Waals surface area contributed by atoms with E-state index in [-0.39, 0.29) is 5.91 Å². The van der Waals surface area contributed by atoms with Crippen molar-refractivity contribution < 1.29 is 19.0 Å². The van der Waals surface area contributed by atoms with Crippen LogP contribution in [0.3, 0.4) is 0 Å². The van der Waals surface area contributed by atoms with Gasteiger partial charge in [-0.15, -0.1) is 10.2 Å². The lowest BCUT2D eigenvalue weighted by Crippen LogP contribution is -2.36. The first-order chi connectivity index (χ1) is 15.7. The first kappa shape index (κ1) is 21.6. The number of nitrogens with zero attached hydrogens (tertiary/aromatic N) is 3. The lowest BCUT2D eigenvalue weighted by molar-refractivity contribution is 0.0950. The summed E-state index contributed by atoms with van der Waals surface area (Å²) in [5, 5.41) is 11.7. The number of carbonyl (C=O) groups is 1. The van der Waals surface area contributed by atoms with Gasteiger partial charge >= 0.3 is 0 Å². The summed E-state index contributed by atoms with van der Waals surface area (Å²) in [6, 6.07) is 16.7. The molecule has 166 valence electrons. The van der Waals surface area contributed by atoms with E-state index in [0.717, 1.165) is 30.0 Å². The molecule has 1 aromatic heterocycles. The zero-order valence-electron chi connectivity index (χ0n) is 18.2. The molecule has 0 unspecified atom stereocenters. The molecule has 8 nitrogen and oxygen atoms in total. The highest BCUT2D eigenvalue weighted by molar-refractivity contribution is 5.95. The fraction of sp³-hybridized carbons (Fsp3) is 0.292. The van der Waals surface area contributed by atoms with Gasteiger partial charge in [0, 0.05) is 36.3 Å². The van der Waals surface area contributed by atoms with Gasteiger partial charge in [0.2, 0.25) is 0 Å². The van der Waals surface area contributed by atoms with Crippen molar-refractivity contribution in [3.63, 3.8) is 0 Å². The minimum atomic E-state index is -0.186. The maximum absolute atomic E-state index is 12.8. The Morgan fingerprint density at radius 2 is 1.88 bits per heavy atom. The number of anilines is 1. The van der Waals surface area contributed by atoms with Crippen molar-refractivity contribution in [3.8, 4) is 22.8 Å². The van der Waals surface area contributed by atoms with E-state index >= 15 is 0 Å². The third kappa shape index (κ3) is 4.97. The average molecular weight is 434 g/mol. The maximum Gasteiger partial charge on any atom is 0.251 e. The van der Waals surface area contributed by atoms with Crippen molar-refractivity contribution in [2.45, 2.75) is 6.54 Å². The van der Waals surface area contributed by atoms with Gasteiger partial charge in [-0.3, -0.25) is 4.79 Å². The van der Waals surface area contributed by atoms with E-state index < -0.39 is 0 Å². The molecule has 1 fully saturated rings. The molecule has 1 amide bonds. The lowest BCUT2D eigenvalue weighted by atomic mass is 10.1. The minimum absolute atomic E-state index is 0.186. The van der Waals surface area contributed by atoms with Gasteiger partial charge in [0.15, 0.2) is 5.82 Å². The molecule has 32 heavy (non-hydrogen) atoms. The van der Waals surface area contributed by atoms with Crippen molar-refractivity contribution in [1.29, 1.82) is 0 Å². The van der Waals surface area contributed by atoms with Crippen LogP contribution in [0.5, 0.6) is 11.5 Å². The molecular weight excluding hydrogens is 408 g/mol. The number of hydrogen-bond acceptors (Lipinski definition) is 7.